The number of hydrogen-bond acceptors (Lipinski definition) is 1. The normalized spacial score (nSPS) is 23.1. The van der Waals surface area contributed by atoms with E-state index in [1.165, 1.54) is 29.5 Å². The van der Waals surface area contributed by atoms with Gasteiger partial charge in [0.2, 0.25) is 0 Å². The summed E-state index contributed by atoms with van der Waals surface area (Å²) in [4.78, 5) is 0. The fourth-order valence-electron chi connectivity index (χ4n) is 2.49. The molecule has 1 aliphatic carbocycles. The van der Waals surface area contributed by atoms with E-state index in [4.69, 9.17) is 5.73 Å². The van der Waals surface area contributed by atoms with E-state index in [0.29, 0.717) is 12.0 Å². The third-order valence-corrected chi connectivity index (χ3v) is 3.77. The molecule has 1 nitrogen and oxygen atoms in total. The minimum absolute atomic E-state index is 0.373. The Morgan fingerprint density at radius 1 is 0.765 bits per heavy atom. The molecule has 2 N–H and O–H groups in total. The predicted molar refractivity (Wildman–Crippen MR) is 71.8 cm³/mol. The first-order valence-corrected chi connectivity index (χ1v) is 6.25. The number of nitrogens with two attached hydrogens (primary N) is 1. The van der Waals surface area contributed by atoms with Crippen LogP contribution in [0.3, 0.4) is 0 Å². The van der Waals surface area contributed by atoms with Gasteiger partial charge in [-0.2, -0.15) is 0 Å². The summed E-state index contributed by atoms with van der Waals surface area (Å²) in [6.07, 6.45) is 2.41. The summed E-state index contributed by atoms with van der Waals surface area (Å²) in [6, 6.07) is 19.7. The van der Waals surface area contributed by atoms with Crippen molar-refractivity contribution in [2.75, 3.05) is 0 Å². The highest BCUT2D eigenvalue weighted by Crippen LogP contribution is 2.36. The molecule has 2 unspecified atom stereocenters. The molecule has 0 radical (unpaired) electrons. The highest BCUT2D eigenvalue weighted by atomic mass is 14.7. The molecule has 0 saturated heterocycles. The molecule has 0 amide bonds. The van der Waals surface area contributed by atoms with Gasteiger partial charge in [-0.1, -0.05) is 54.6 Å². The zero-order valence-electron chi connectivity index (χ0n) is 9.84. The van der Waals surface area contributed by atoms with Crippen molar-refractivity contribution in [3.63, 3.8) is 0 Å². The van der Waals surface area contributed by atoms with Gasteiger partial charge >= 0.3 is 0 Å². The average Bonchev–Trinajstić information content (AvgIpc) is 2.39. The zero-order chi connectivity index (χ0) is 11.7. The molecule has 0 bridgehead atoms. The van der Waals surface area contributed by atoms with Crippen LogP contribution < -0.4 is 5.73 Å². The molecule has 1 saturated carbocycles. The molecule has 86 valence electrons. The van der Waals surface area contributed by atoms with Gasteiger partial charge in [-0.15, -0.1) is 0 Å². The van der Waals surface area contributed by atoms with Crippen LogP contribution in [-0.4, -0.2) is 6.04 Å². The molecular formula is C16H17N. The quantitative estimate of drug-likeness (QED) is 0.827. The molecule has 0 heterocycles. The molecule has 17 heavy (non-hydrogen) atoms. The van der Waals surface area contributed by atoms with Crippen LogP contribution in [0.4, 0.5) is 0 Å². The lowest BCUT2D eigenvalue weighted by Gasteiger charge is -2.34. The van der Waals surface area contributed by atoms with Crippen molar-refractivity contribution < 1.29 is 0 Å². The third-order valence-electron chi connectivity index (χ3n) is 3.77. The second kappa shape index (κ2) is 4.34. The molecular weight excluding hydrogens is 206 g/mol. The van der Waals surface area contributed by atoms with Gasteiger partial charge in [0.1, 0.15) is 0 Å². The highest BCUT2D eigenvalue weighted by molar-refractivity contribution is 5.63. The van der Waals surface area contributed by atoms with Crippen LogP contribution in [-0.2, 0) is 0 Å². The second-order valence-corrected chi connectivity index (χ2v) is 4.84. The summed E-state index contributed by atoms with van der Waals surface area (Å²) in [5.74, 6) is 0.583. The van der Waals surface area contributed by atoms with Gasteiger partial charge < -0.3 is 5.73 Å². The van der Waals surface area contributed by atoms with Crippen LogP contribution in [0.25, 0.3) is 11.1 Å². The standard InChI is InChI=1S/C16H17N/c17-16-11-10-15(16)14-8-6-13(7-9-14)12-4-2-1-3-5-12/h1-9,15-16H,10-11,17H2. The van der Waals surface area contributed by atoms with Gasteiger partial charge in [0.25, 0.3) is 0 Å². The first kappa shape index (κ1) is 10.5. The Morgan fingerprint density at radius 3 is 1.94 bits per heavy atom. The fourth-order valence-corrected chi connectivity index (χ4v) is 2.49. The monoisotopic (exact) mass is 223 g/mol. The number of hydrogen-bond donors (Lipinski definition) is 1. The minimum atomic E-state index is 0.373. The second-order valence-electron chi connectivity index (χ2n) is 4.84. The summed E-state index contributed by atoms with van der Waals surface area (Å²) >= 11 is 0. The molecule has 2 atom stereocenters. The fraction of sp³-hybridized carbons (Fsp3) is 0.250. The molecule has 0 aliphatic heterocycles. The Kier molecular flexibility index (Phi) is 2.69. The number of rotatable bonds is 2. The molecule has 1 fully saturated rings. The summed E-state index contributed by atoms with van der Waals surface area (Å²) in [7, 11) is 0. The van der Waals surface area contributed by atoms with Crippen molar-refractivity contribution in [3.05, 3.63) is 60.2 Å². The maximum absolute atomic E-state index is 6.00. The summed E-state index contributed by atoms with van der Waals surface area (Å²) in [6.45, 7) is 0. The maximum Gasteiger partial charge on any atom is 0.0108 e. The molecule has 1 aliphatic rings. The van der Waals surface area contributed by atoms with E-state index in [9.17, 15) is 0 Å². The van der Waals surface area contributed by atoms with E-state index < -0.39 is 0 Å². The van der Waals surface area contributed by atoms with Crippen LogP contribution in [0.1, 0.15) is 24.3 Å². The van der Waals surface area contributed by atoms with E-state index in [0.717, 1.165) is 0 Å². The van der Waals surface area contributed by atoms with Crippen molar-refractivity contribution in [2.45, 2.75) is 24.8 Å². The van der Waals surface area contributed by atoms with Crippen molar-refractivity contribution in [1.82, 2.24) is 0 Å². The van der Waals surface area contributed by atoms with E-state index >= 15 is 0 Å². The lowest BCUT2D eigenvalue weighted by atomic mass is 9.75. The summed E-state index contributed by atoms with van der Waals surface area (Å²) in [5, 5.41) is 0. The van der Waals surface area contributed by atoms with Gasteiger partial charge in [-0.05, 0) is 35.4 Å². The van der Waals surface area contributed by atoms with Crippen molar-refractivity contribution >= 4 is 0 Å². The summed E-state index contributed by atoms with van der Waals surface area (Å²) < 4.78 is 0. The zero-order valence-corrected chi connectivity index (χ0v) is 9.84. The van der Waals surface area contributed by atoms with Gasteiger partial charge in [-0.3, -0.25) is 0 Å². The van der Waals surface area contributed by atoms with Crippen LogP contribution in [0.15, 0.2) is 54.6 Å². The Bertz CT molecular complexity index is 487. The summed E-state index contributed by atoms with van der Waals surface area (Å²) in [5.41, 5.74) is 9.95. The minimum Gasteiger partial charge on any atom is -0.327 e. The molecule has 2 aromatic rings. The molecule has 0 aromatic heterocycles. The Labute approximate surface area is 102 Å². The average molecular weight is 223 g/mol. The lowest BCUT2D eigenvalue weighted by molar-refractivity contribution is 0.347. The van der Waals surface area contributed by atoms with E-state index in [1.807, 2.05) is 6.07 Å². The molecule has 3 rings (SSSR count). The Balaban J connectivity index is 1.85. The van der Waals surface area contributed by atoms with Crippen LogP contribution in [0.5, 0.6) is 0 Å². The first-order chi connectivity index (χ1) is 8.34. The highest BCUT2D eigenvalue weighted by Gasteiger charge is 2.28. The molecule has 0 spiro atoms. The SMILES string of the molecule is NC1CCC1c1ccc(-c2ccccc2)cc1. The molecule has 2 aromatic carbocycles. The van der Waals surface area contributed by atoms with Gasteiger partial charge in [0.05, 0.1) is 0 Å². The van der Waals surface area contributed by atoms with Crippen LogP contribution in [0, 0.1) is 0 Å². The Hall–Kier alpha value is -1.60. The largest absolute Gasteiger partial charge is 0.327 e. The van der Waals surface area contributed by atoms with Gasteiger partial charge in [0.15, 0.2) is 0 Å². The van der Waals surface area contributed by atoms with Crippen LogP contribution in [0.2, 0.25) is 0 Å². The van der Waals surface area contributed by atoms with Gasteiger partial charge in [-0.25, -0.2) is 0 Å². The Morgan fingerprint density at radius 2 is 1.41 bits per heavy atom. The first-order valence-electron chi connectivity index (χ1n) is 6.25. The van der Waals surface area contributed by atoms with Crippen molar-refractivity contribution in [1.29, 1.82) is 0 Å². The van der Waals surface area contributed by atoms with Crippen molar-refractivity contribution in [3.8, 4) is 11.1 Å². The smallest absolute Gasteiger partial charge is 0.0108 e. The van der Waals surface area contributed by atoms with Crippen LogP contribution >= 0.6 is 0 Å². The predicted octanol–water partition coefficient (Wildman–Crippen LogP) is 3.56. The van der Waals surface area contributed by atoms with Crippen molar-refractivity contribution in [2.24, 2.45) is 5.73 Å². The van der Waals surface area contributed by atoms with E-state index in [-0.39, 0.29) is 0 Å². The van der Waals surface area contributed by atoms with E-state index in [1.54, 1.807) is 0 Å². The maximum atomic E-state index is 6.00. The lowest BCUT2D eigenvalue weighted by Crippen LogP contribution is -2.37. The topological polar surface area (TPSA) is 26.0 Å². The number of benzene rings is 2. The third kappa shape index (κ3) is 1.98. The van der Waals surface area contributed by atoms with Gasteiger partial charge in [0, 0.05) is 6.04 Å². The molecule has 1 heteroatoms. The van der Waals surface area contributed by atoms with E-state index in [2.05, 4.69) is 48.5 Å².